The molecule has 1 fully saturated rings. The quantitative estimate of drug-likeness (QED) is 0.774. The van der Waals surface area contributed by atoms with Crippen LogP contribution in [0.5, 0.6) is 0 Å². The first-order valence-electron chi connectivity index (χ1n) is 7.69. The van der Waals surface area contributed by atoms with Gasteiger partial charge in [-0.15, -0.1) is 0 Å². The number of pyridine rings is 1. The Balaban J connectivity index is 1.91. The number of aromatic nitrogens is 1. The zero-order valence-corrected chi connectivity index (χ0v) is 15.3. The Morgan fingerprint density at radius 1 is 1.48 bits per heavy atom. The predicted molar refractivity (Wildman–Crippen MR) is 91.9 cm³/mol. The third-order valence-corrected chi connectivity index (χ3v) is 5.14. The molecular formula is C16H23ClN2O3S. The molecule has 128 valence electrons. The SMILES string of the molecule is CC(C)(C)OC(=O)N1CCC[C@@H]1C[S@@](=O)Cc1ccc(Cl)nc1. The van der Waals surface area contributed by atoms with Gasteiger partial charge in [0.1, 0.15) is 10.8 Å². The molecule has 1 saturated heterocycles. The normalized spacial score (nSPS) is 19.7. The summed E-state index contributed by atoms with van der Waals surface area (Å²) in [6, 6.07) is 3.50. The number of carbonyl (C=O) groups is 1. The maximum Gasteiger partial charge on any atom is 0.410 e. The van der Waals surface area contributed by atoms with E-state index in [1.54, 1.807) is 17.2 Å². The Morgan fingerprint density at radius 3 is 2.83 bits per heavy atom. The summed E-state index contributed by atoms with van der Waals surface area (Å²) in [5, 5.41) is 0.423. The fourth-order valence-electron chi connectivity index (χ4n) is 2.52. The standard InChI is InChI=1S/C16H23ClN2O3S/c1-16(2,3)22-15(20)19-8-4-5-13(19)11-23(21)10-12-6-7-14(17)18-9-12/h6-7,9,13H,4-5,8,10-11H2,1-3H3/t13-,23+/m1/s1. The average Bonchev–Trinajstić information content (AvgIpc) is 2.87. The van der Waals surface area contributed by atoms with Crippen LogP contribution >= 0.6 is 11.6 Å². The van der Waals surface area contributed by atoms with Gasteiger partial charge in [0.2, 0.25) is 0 Å². The highest BCUT2D eigenvalue weighted by Crippen LogP contribution is 2.22. The third kappa shape index (κ3) is 5.77. The van der Waals surface area contributed by atoms with Gasteiger partial charge in [-0.2, -0.15) is 0 Å². The molecule has 2 rings (SSSR count). The van der Waals surface area contributed by atoms with Crippen LogP contribution in [0.2, 0.25) is 5.15 Å². The second kappa shape index (κ2) is 7.62. The Bertz CT molecular complexity index is 572. The van der Waals surface area contributed by atoms with Crippen molar-refractivity contribution in [1.29, 1.82) is 0 Å². The largest absolute Gasteiger partial charge is 0.444 e. The van der Waals surface area contributed by atoms with Crippen molar-refractivity contribution >= 4 is 28.5 Å². The first-order chi connectivity index (χ1) is 10.7. The number of nitrogens with zero attached hydrogens (tertiary/aromatic N) is 2. The molecule has 7 heteroatoms. The number of hydrogen-bond donors (Lipinski definition) is 0. The van der Waals surface area contributed by atoms with Gasteiger partial charge in [0.25, 0.3) is 0 Å². The highest BCUT2D eigenvalue weighted by molar-refractivity contribution is 7.84. The summed E-state index contributed by atoms with van der Waals surface area (Å²) in [6.45, 7) is 6.21. The fourth-order valence-corrected chi connectivity index (χ4v) is 4.07. The van der Waals surface area contributed by atoms with E-state index in [1.165, 1.54) is 0 Å². The molecule has 0 radical (unpaired) electrons. The topological polar surface area (TPSA) is 59.5 Å². The zero-order chi connectivity index (χ0) is 17.0. The first kappa shape index (κ1) is 18.2. The molecular weight excluding hydrogens is 336 g/mol. The molecule has 5 nitrogen and oxygen atoms in total. The van der Waals surface area contributed by atoms with Crippen molar-refractivity contribution in [3.63, 3.8) is 0 Å². The summed E-state index contributed by atoms with van der Waals surface area (Å²) < 4.78 is 17.8. The number of amides is 1. The monoisotopic (exact) mass is 358 g/mol. The number of carbonyl (C=O) groups excluding carboxylic acids is 1. The Hall–Kier alpha value is -1.14. The van der Waals surface area contributed by atoms with Crippen molar-refractivity contribution in [2.75, 3.05) is 12.3 Å². The molecule has 1 aliphatic rings. The van der Waals surface area contributed by atoms with Gasteiger partial charge in [0, 0.05) is 35.3 Å². The van der Waals surface area contributed by atoms with E-state index in [9.17, 15) is 9.00 Å². The molecule has 0 aromatic carbocycles. The Kier molecular flexibility index (Phi) is 6.03. The molecule has 0 bridgehead atoms. The van der Waals surface area contributed by atoms with Gasteiger partial charge in [-0.05, 0) is 45.2 Å². The Morgan fingerprint density at radius 2 is 2.22 bits per heavy atom. The minimum absolute atomic E-state index is 0.0223. The van der Waals surface area contributed by atoms with Gasteiger partial charge >= 0.3 is 6.09 Å². The lowest BCUT2D eigenvalue weighted by molar-refractivity contribution is 0.0241. The van der Waals surface area contributed by atoms with Crippen LogP contribution in [0.25, 0.3) is 0 Å². The summed E-state index contributed by atoms with van der Waals surface area (Å²) in [5.74, 6) is 0.880. The number of likely N-dealkylation sites (tertiary alicyclic amines) is 1. The van der Waals surface area contributed by atoms with Crippen LogP contribution in [0.1, 0.15) is 39.2 Å². The van der Waals surface area contributed by atoms with E-state index in [4.69, 9.17) is 16.3 Å². The lowest BCUT2D eigenvalue weighted by Crippen LogP contribution is -2.42. The summed E-state index contributed by atoms with van der Waals surface area (Å²) in [7, 11) is -1.06. The summed E-state index contributed by atoms with van der Waals surface area (Å²) in [5.41, 5.74) is 0.368. The molecule has 0 unspecified atom stereocenters. The second-order valence-electron chi connectivity index (χ2n) is 6.71. The highest BCUT2D eigenvalue weighted by Gasteiger charge is 2.33. The van der Waals surface area contributed by atoms with Crippen molar-refractivity contribution in [2.45, 2.75) is 51.0 Å². The van der Waals surface area contributed by atoms with Crippen molar-refractivity contribution in [1.82, 2.24) is 9.88 Å². The lowest BCUT2D eigenvalue weighted by atomic mass is 10.2. The molecule has 1 amide bonds. The van der Waals surface area contributed by atoms with Gasteiger partial charge in [0.15, 0.2) is 0 Å². The van der Waals surface area contributed by atoms with E-state index in [0.29, 0.717) is 23.2 Å². The van der Waals surface area contributed by atoms with Crippen molar-refractivity contribution in [3.8, 4) is 0 Å². The Labute approximate surface area is 144 Å². The van der Waals surface area contributed by atoms with Gasteiger partial charge in [0.05, 0.1) is 5.75 Å². The van der Waals surface area contributed by atoms with E-state index in [1.807, 2.05) is 26.8 Å². The van der Waals surface area contributed by atoms with Crippen molar-refractivity contribution < 1.29 is 13.7 Å². The van der Waals surface area contributed by atoms with E-state index in [2.05, 4.69) is 4.98 Å². The predicted octanol–water partition coefficient (Wildman–Crippen LogP) is 3.38. The molecule has 2 atom stereocenters. The molecule has 1 aromatic heterocycles. The van der Waals surface area contributed by atoms with Crippen LogP contribution in [0.3, 0.4) is 0 Å². The molecule has 2 heterocycles. The molecule has 0 spiro atoms. The van der Waals surface area contributed by atoms with Gasteiger partial charge in [-0.1, -0.05) is 17.7 Å². The smallest absolute Gasteiger partial charge is 0.410 e. The van der Waals surface area contributed by atoms with Crippen LogP contribution < -0.4 is 0 Å². The van der Waals surface area contributed by atoms with Crippen molar-refractivity contribution in [2.24, 2.45) is 0 Å². The minimum Gasteiger partial charge on any atom is -0.444 e. The summed E-state index contributed by atoms with van der Waals surface area (Å²) >= 11 is 5.75. The second-order valence-corrected chi connectivity index (χ2v) is 8.60. The number of hydrogen-bond acceptors (Lipinski definition) is 4. The summed E-state index contributed by atoms with van der Waals surface area (Å²) in [6.07, 6.45) is 3.11. The molecule has 0 N–H and O–H groups in total. The summed E-state index contributed by atoms with van der Waals surface area (Å²) in [4.78, 5) is 17.9. The van der Waals surface area contributed by atoms with Crippen LogP contribution in [0, 0.1) is 0 Å². The molecule has 0 saturated carbocycles. The van der Waals surface area contributed by atoms with E-state index < -0.39 is 16.4 Å². The van der Waals surface area contributed by atoms with E-state index in [-0.39, 0.29) is 12.1 Å². The van der Waals surface area contributed by atoms with Crippen LogP contribution in [-0.4, -0.2) is 44.1 Å². The number of rotatable bonds is 4. The van der Waals surface area contributed by atoms with E-state index >= 15 is 0 Å². The average molecular weight is 359 g/mol. The van der Waals surface area contributed by atoms with E-state index in [0.717, 1.165) is 18.4 Å². The van der Waals surface area contributed by atoms with Crippen LogP contribution in [0.4, 0.5) is 4.79 Å². The van der Waals surface area contributed by atoms with Crippen LogP contribution in [0.15, 0.2) is 18.3 Å². The molecule has 23 heavy (non-hydrogen) atoms. The molecule has 1 aromatic rings. The fraction of sp³-hybridized carbons (Fsp3) is 0.625. The number of halogens is 1. The van der Waals surface area contributed by atoms with Crippen molar-refractivity contribution in [3.05, 3.63) is 29.0 Å². The first-order valence-corrected chi connectivity index (χ1v) is 9.56. The zero-order valence-electron chi connectivity index (χ0n) is 13.8. The highest BCUT2D eigenvalue weighted by atomic mass is 35.5. The maximum atomic E-state index is 12.4. The lowest BCUT2D eigenvalue weighted by Gasteiger charge is -2.28. The molecule has 1 aliphatic heterocycles. The van der Waals surface area contributed by atoms with Gasteiger partial charge in [-0.25, -0.2) is 9.78 Å². The van der Waals surface area contributed by atoms with Crippen LogP contribution in [-0.2, 0) is 21.3 Å². The molecule has 0 aliphatic carbocycles. The minimum atomic E-state index is -1.06. The maximum absolute atomic E-state index is 12.4. The number of ether oxygens (including phenoxy) is 1. The third-order valence-electron chi connectivity index (χ3n) is 3.50. The van der Waals surface area contributed by atoms with Gasteiger partial charge in [-0.3, -0.25) is 4.21 Å². The van der Waals surface area contributed by atoms with Gasteiger partial charge < -0.3 is 9.64 Å².